The molecule has 0 spiro atoms. The van der Waals surface area contributed by atoms with Gasteiger partial charge in [0.05, 0.1) is 31.5 Å². The Hall–Kier alpha value is -3.03. The molecule has 0 amide bonds. The van der Waals surface area contributed by atoms with Crippen LogP contribution in [0.25, 0.3) is 22.1 Å². The molecule has 31 heavy (non-hydrogen) atoms. The van der Waals surface area contributed by atoms with Crippen molar-refractivity contribution < 1.29 is 23.4 Å². The average Bonchev–Trinajstić information content (AvgIpc) is 3.31. The largest absolute Gasteiger partial charge is 0.497 e. The molecule has 1 aromatic heterocycles. The van der Waals surface area contributed by atoms with E-state index in [-0.39, 0.29) is 6.10 Å². The fourth-order valence-electron chi connectivity index (χ4n) is 4.34. The minimum Gasteiger partial charge on any atom is -0.497 e. The molecule has 0 bridgehead atoms. The van der Waals surface area contributed by atoms with Gasteiger partial charge in [0.15, 0.2) is 0 Å². The van der Waals surface area contributed by atoms with Crippen molar-refractivity contribution >= 4 is 11.0 Å². The maximum atomic E-state index is 13.0. The highest BCUT2D eigenvalue weighted by Crippen LogP contribution is 2.36. The zero-order valence-corrected chi connectivity index (χ0v) is 17.7. The normalized spacial score (nSPS) is 18.6. The molecule has 0 aliphatic carbocycles. The first-order valence-corrected chi connectivity index (χ1v) is 10.4. The smallest absolute Gasteiger partial charge is 0.344 e. The Morgan fingerprint density at radius 2 is 2.00 bits per heavy atom. The van der Waals surface area contributed by atoms with Crippen molar-refractivity contribution in [3.05, 3.63) is 52.4 Å². The Bertz CT molecular complexity index is 1160. The Morgan fingerprint density at radius 3 is 2.77 bits per heavy atom. The number of fused-ring (bicyclic) bond motifs is 3. The Kier molecular flexibility index (Phi) is 5.29. The fraction of sp³-hybridized carbons (Fsp3) is 0.375. The number of hydrogen-bond acceptors (Lipinski definition) is 7. The molecule has 162 valence electrons. The monoisotopic (exact) mass is 423 g/mol. The van der Waals surface area contributed by atoms with Crippen LogP contribution in [-0.2, 0) is 11.3 Å². The van der Waals surface area contributed by atoms with Gasteiger partial charge in [-0.2, -0.15) is 0 Å². The highest BCUT2D eigenvalue weighted by Gasteiger charge is 2.26. The molecule has 0 saturated carbocycles. The molecule has 0 unspecified atom stereocenters. The number of ether oxygens (including phenoxy) is 4. The molecule has 1 fully saturated rings. The van der Waals surface area contributed by atoms with Crippen LogP contribution in [-0.4, -0.2) is 45.1 Å². The lowest BCUT2D eigenvalue weighted by Crippen LogP contribution is -2.37. The molecule has 5 rings (SSSR count). The van der Waals surface area contributed by atoms with Crippen molar-refractivity contribution in [1.82, 2.24) is 4.90 Å². The van der Waals surface area contributed by atoms with Gasteiger partial charge in [-0.3, -0.25) is 4.90 Å². The molecule has 3 aromatic rings. The van der Waals surface area contributed by atoms with Crippen molar-refractivity contribution in [2.45, 2.75) is 25.5 Å². The van der Waals surface area contributed by atoms with Crippen molar-refractivity contribution in [3.8, 4) is 28.4 Å². The number of methoxy groups -OCH3 is 2. The second-order valence-electron chi connectivity index (χ2n) is 7.89. The minimum absolute atomic E-state index is 0.237. The number of nitrogens with zero attached hydrogens (tertiary/aromatic N) is 1. The zero-order valence-electron chi connectivity index (χ0n) is 17.7. The lowest BCUT2D eigenvalue weighted by atomic mass is 10.0. The van der Waals surface area contributed by atoms with Gasteiger partial charge in [-0.1, -0.05) is 0 Å². The molecule has 1 saturated heterocycles. The predicted octanol–water partition coefficient (Wildman–Crippen LogP) is 3.81. The zero-order chi connectivity index (χ0) is 21.4. The molecule has 0 radical (unpaired) electrons. The number of benzene rings is 2. The summed E-state index contributed by atoms with van der Waals surface area (Å²) in [7, 11) is 3.16. The van der Waals surface area contributed by atoms with E-state index in [2.05, 4.69) is 4.90 Å². The third-order valence-electron chi connectivity index (χ3n) is 5.93. The molecule has 2 aliphatic heterocycles. The number of hydrogen-bond donors (Lipinski definition) is 0. The summed E-state index contributed by atoms with van der Waals surface area (Å²) < 4.78 is 28.3. The van der Waals surface area contributed by atoms with Gasteiger partial charge < -0.3 is 23.4 Å². The van der Waals surface area contributed by atoms with Crippen LogP contribution in [0, 0.1) is 0 Å². The highest BCUT2D eigenvalue weighted by atomic mass is 16.5. The molecular weight excluding hydrogens is 398 g/mol. The number of rotatable bonds is 5. The van der Waals surface area contributed by atoms with Gasteiger partial charge in [-0.05, 0) is 43.2 Å². The quantitative estimate of drug-likeness (QED) is 0.578. The Labute approximate surface area is 180 Å². The van der Waals surface area contributed by atoms with Crippen LogP contribution in [0.4, 0.5) is 0 Å². The molecule has 2 aromatic carbocycles. The first-order chi connectivity index (χ1) is 15.2. The molecule has 2 aliphatic rings. The van der Waals surface area contributed by atoms with E-state index in [1.165, 1.54) is 0 Å². The van der Waals surface area contributed by atoms with E-state index in [0.717, 1.165) is 42.7 Å². The van der Waals surface area contributed by atoms with Gasteiger partial charge in [0.25, 0.3) is 0 Å². The van der Waals surface area contributed by atoms with Crippen LogP contribution in [0.2, 0.25) is 0 Å². The second kappa shape index (κ2) is 8.24. The maximum Gasteiger partial charge on any atom is 0.344 e. The summed E-state index contributed by atoms with van der Waals surface area (Å²) in [6, 6.07) is 11.1. The van der Waals surface area contributed by atoms with Crippen LogP contribution in [0.1, 0.15) is 18.4 Å². The summed E-state index contributed by atoms with van der Waals surface area (Å²) in [5.41, 5.74) is 2.15. The second-order valence-corrected chi connectivity index (χ2v) is 7.89. The molecule has 7 nitrogen and oxygen atoms in total. The van der Waals surface area contributed by atoms with Crippen molar-refractivity contribution in [2.24, 2.45) is 0 Å². The third-order valence-corrected chi connectivity index (χ3v) is 5.93. The fourth-order valence-corrected chi connectivity index (χ4v) is 4.34. The lowest BCUT2D eigenvalue weighted by Gasteiger charge is -2.30. The van der Waals surface area contributed by atoms with Gasteiger partial charge in [0.1, 0.15) is 29.6 Å². The first kappa shape index (κ1) is 19.9. The Balaban J connectivity index is 1.53. The standard InChI is InChI=1S/C24H25NO6/c1-27-16-6-7-18(22(11-16)28-2)19-10-15-5-8-21-20(23(15)31-24(19)26)13-25(14-30-21)12-17-4-3-9-29-17/h5-8,10-11,17H,3-4,9,12-14H2,1-2H3/t17-/m0/s1. The van der Waals surface area contributed by atoms with Crippen molar-refractivity contribution in [3.63, 3.8) is 0 Å². The summed E-state index contributed by atoms with van der Waals surface area (Å²) >= 11 is 0. The molecular formula is C24H25NO6. The predicted molar refractivity (Wildman–Crippen MR) is 116 cm³/mol. The van der Waals surface area contributed by atoms with E-state index in [4.69, 9.17) is 23.4 Å². The molecule has 3 heterocycles. The highest BCUT2D eigenvalue weighted by molar-refractivity contribution is 5.87. The maximum absolute atomic E-state index is 13.0. The van der Waals surface area contributed by atoms with Crippen LogP contribution in [0.15, 0.2) is 45.6 Å². The van der Waals surface area contributed by atoms with Crippen molar-refractivity contribution in [2.75, 3.05) is 34.1 Å². The topological polar surface area (TPSA) is 70.4 Å². The summed E-state index contributed by atoms with van der Waals surface area (Å²) in [5, 5.41) is 0.841. The van der Waals surface area contributed by atoms with Crippen LogP contribution >= 0.6 is 0 Å². The summed E-state index contributed by atoms with van der Waals surface area (Å²) in [6.45, 7) is 2.79. The molecule has 1 atom stereocenters. The minimum atomic E-state index is -0.416. The Morgan fingerprint density at radius 1 is 1.10 bits per heavy atom. The third kappa shape index (κ3) is 3.75. The molecule has 0 N–H and O–H groups in total. The SMILES string of the molecule is COc1ccc(-c2cc3ccc4c(c3oc2=O)CN(C[C@@H]2CCCO2)CO4)c(OC)c1. The van der Waals surface area contributed by atoms with E-state index >= 15 is 0 Å². The molecule has 7 heteroatoms. The van der Waals surface area contributed by atoms with E-state index < -0.39 is 5.63 Å². The van der Waals surface area contributed by atoms with Crippen LogP contribution in [0.5, 0.6) is 17.2 Å². The van der Waals surface area contributed by atoms with E-state index in [1.807, 2.05) is 18.2 Å². The first-order valence-electron chi connectivity index (χ1n) is 10.4. The van der Waals surface area contributed by atoms with E-state index in [1.54, 1.807) is 32.4 Å². The van der Waals surface area contributed by atoms with Crippen LogP contribution in [0.3, 0.4) is 0 Å². The van der Waals surface area contributed by atoms with Gasteiger partial charge in [0.2, 0.25) is 0 Å². The summed E-state index contributed by atoms with van der Waals surface area (Å²) in [4.78, 5) is 15.2. The van der Waals surface area contributed by atoms with Crippen molar-refractivity contribution in [1.29, 1.82) is 0 Å². The van der Waals surface area contributed by atoms with Gasteiger partial charge in [-0.25, -0.2) is 4.79 Å². The van der Waals surface area contributed by atoms with E-state index in [9.17, 15) is 4.79 Å². The summed E-state index contributed by atoms with van der Waals surface area (Å²) in [6.07, 6.45) is 2.41. The average molecular weight is 423 g/mol. The lowest BCUT2D eigenvalue weighted by molar-refractivity contribution is 0.0281. The van der Waals surface area contributed by atoms with Gasteiger partial charge in [0, 0.05) is 36.7 Å². The summed E-state index contributed by atoms with van der Waals surface area (Å²) in [5.74, 6) is 1.97. The van der Waals surface area contributed by atoms with Crippen LogP contribution < -0.4 is 19.8 Å². The van der Waals surface area contributed by atoms with E-state index in [0.29, 0.717) is 41.5 Å². The van der Waals surface area contributed by atoms with Gasteiger partial charge >= 0.3 is 5.63 Å². The van der Waals surface area contributed by atoms with Gasteiger partial charge in [-0.15, -0.1) is 0 Å².